The molecule has 1 N–H and O–H groups in total. The second-order valence-electron chi connectivity index (χ2n) is 7.37. The zero-order chi connectivity index (χ0) is 16.8. The van der Waals surface area contributed by atoms with Gasteiger partial charge < -0.3 is 15.1 Å². The van der Waals surface area contributed by atoms with Crippen LogP contribution in [0.25, 0.3) is 0 Å². The van der Waals surface area contributed by atoms with Gasteiger partial charge in [0.05, 0.1) is 11.4 Å². The van der Waals surface area contributed by atoms with Gasteiger partial charge in [-0.15, -0.1) is 0 Å². The zero-order valence-electron chi connectivity index (χ0n) is 14.4. The van der Waals surface area contributed by atoms with Crippen LogP contribution < -0.4 is 15.1 Å². The van der Waals surface area contributed by atoms with Crippen molar-refractivity contribution in [1.29, 1.82) is 0 Å². The highest BCUT2D eigenvalue weighted by Gasteiger charge is 2.41. The first-order valence-corrected chi connectivity index (χ1v) is 9.07. The van der Waals surface area contributed by atoms with Crippen molar-refractivity contribution in [3.63, 3.8) is 0 Å². The van der Waals surface area contributed by atoms with Crippen molar-refractivity contribution in [3.05, 3.63) is 23.8 Å². The molecular weight excluding hydrogens is 302 g/mol. The van der Waals surface area contributed by atoms with Crippen molar-refractivity contribution in [1.82, 2.24) is 5.32 Å². The number of rotatable bonds is 3. The fourth-order valence-electron chi connectivity index (χ4n) is 4.09. The van der Waals surface area contributed by atoms with Crippen LogP contribution in [0.4, 0.5) is 11.4 Å². The van der Waals surface area contributed by atoms with Gasteiger partial charge in [-0.05, 0) is 50.8 Å². The number of carbonyl (C=O) groups is 2. The minimum Gasteiger partial charge on any atom is -0.355 e. The Labute approximate surface area is 143 Å². The molecule has 24 heavy (non-hydrogen) atoms. The first-order valence-electron chi connectivity index (χ1n) is 9.07. The highest BCUT2D eigenvalue weighted by Crippen LogP contribution is 2.42. The van der Waals surface area contributed by atoms with Crippen LogP contribution in [0.5, 0.6) is 0 Å². The Morgan fingerprint density at radius 2 is 1.83 bits per heavy atom. The maximum atomic E-state index is 12.6. The Balaban J connectivity index is 1.65. The highest BCUT2D eigenvalue weighted by molar-refractivity contribution is 6.06. The maximum absolute atomic E-state index is 12.6. The van der Waals surface area contributed by atoms with Gasteiger partial charge in [-0.2, -0.15) is 0 Å². The van der Waals surface area contributed by atoms with Gasteiger partial charge >= 0.3 is 0 Å². The number of nitrogens with one attached hydrogen (secondary N) is 1. The van der Waals surface area contributed by atoms with Gasteiger partial charge in [-0.1, -0.05) is 12.8 Å². The number of likely N-dealkylation sites (N-methyl/N-ethyl adjacent to an activating group) is 1. The molecule has 3 aliphatic rings. The van der Waals surface area contributed by atoms with E-state index in [9.17, 15) is 9.59 Å². The van der Waals surface area contributed by atoms with Crippen molar-refractivity contribution >= 4 is 23.2 Å². The molecule has 1 heterocycles. The summed E-state index contributed by atoms with van der Waals surface area (Å²) < 4.78 is 0. The molecule has 0 spiro atoms. The highest BCUT2D eigenvalue weighted by atomic mass is 16.2. The number of anilines is 2. The third-order valence-corrected chi connectivity index (χ3v) is 5.61. The number of fused-ring (bicyclic) bond motifs is 1. The van der Waals surface area contributed by atoms with Crippen LogP contribution in [0.2, 0.25) is 0 Å². The summed E-state index contributed by atoms with van der Waals surface area (Å²) in [6.07, 6.45) is 6.82. The van der Waals surface area contributed by atoms with Gasteiger partial charge in [0, 0.05) is 24.7 Å². The van der Waals surface area contributed by atoms with Crippen molar-refractivity contribution in [3.8, 4) is 0 Å². The monoisotopic (exact) mass is 327 g/mol. The molecule has 0 saturated heterocycles. The summed E-state index contributed by atoms with van der Waals surface area (Å²) in [4.78, 5) is 29.0. The first-order chi connectivity index (χ1) is 11.6. The molecule has 5 heteroatoms. The summed E-state index contributed by atoms with van der Waals surface area (Å²) in [6, 6.07) is 6.31. The molecule has 1 atom stereocenters. The topological polar surface area (TPSA) is 52.7 Å². The molecule has 2 aliphatic carbocycles. The van der Waals surface area contributed by atoms with Gasteiger partial charge in [0.15, 0.2) is 0 Å². The van der Waals surface area contributed by atoms with Crippen LogP contribution in [-0.4, -0.2) is 37.0 Å². The van der Waals surface area contributed by atoms with Crippen LogP contribution in [0.1, 0.15) is 55.8 Å². The summed E-state index contributed by atoms with van der Waals surface area (Å²) in [5.74, 6) is 0.130. The van der Waals surface area contributed by atoms with E-state index in [-0.39, 0.29) is 17.9 Å². The molecule has 0 radical (unpaired) electrons. The molecule has 5 nitrogen and oxygen atoms in total. The Hall–Kier alpha value is -2.04. The number of nitrogens with zero attached hydrogens (tertiary/aromatic N) is 2. The summed E-state index contributed by atoms with van der Waals surface area (Å²) >= 11 is 0. The minimum atomic E-state index is -0.164. The number of benzene rings is 1. The fourth-order valence-corrected chi connectivity index (χ4v) is 4.09. The van der Waals surface area contributed by atoms with Gasteiger partial charge in [-0.3, -0.25) is 9.59 Å². The summed E-state index contributed by atoms with van der Waals surface area (Å²) in [7, 11) is 1.82. The zero-order valence-corrected chi connectivity index (χ0v) is 14.4. The third-order valence-electron chi connectivity index (χ3n) is 5.61. The lowest BCUT2D eigenvalue weighted by Crippen LogP contribution is -2.51. The Kier molecular flexibility index (Phi) is 3.74. The molecule has 128 valence electrons. The largest absolute Gasteiger partial charge is 0.355 e. The van der Waals surface area contributed by atoms with Crippen LogP contribution in [0, 0.1) is 0 Å². The number of hydrogen-bond acceptors (Lipinski definition) is 3. The average molecular weight is 327 g/mol. The van der Waals surface area contributed by atoms with E-state index >= 15 is 0 Å². The number of amides is 2. The normalized spacial score (nSPS) is 24.2. The lowest BCUT2D eigenvalue weighted by atomic mass is 10.0. The lowest BCUT2D eigenvalue weighted by molar-refractivity contribution is -0.119. The molecular formula is C19H25N3O2. The van der Waals surface area contributed by atoms with Gasteiger partial charge in [0.2, 0.25) is 5.91 Å². The molecule has 1 aliphatic heterocycles. The molecule has 0 bridgehead atoms. The second-order valence-corrected chi connectivity index (χ2v) is 7.37. The molecule has 2 fully saturated rings. The van der Waals surface area contributed by atoms with Crippen LogP contribution in [0.15, 0.2) is 18.2 Å². The van der Waals surface area contributed by atoms with Crippen molar-refractivity contribution in [2.24, 2.45) is 0 Å². The van der Waals surface area contributed by atoms with Gasteiger partial charge in [0.1, 0.15) is 6.04 Å². The number of carbonyl (C=O) groups excluding carboxylic acids is 2. The maximum Gasteiger partial charge on any atom is 0.251 e. The fraction of sp³-hybridized carbons (Fsp3) is 0.579. The van der Waals surface area contributed by atoms with Crippen molar-refractivity contribution in [2.75, 3.05) is 16.8 Å². The van der Waals surface area contributed by atoms with Crippen LogP contribution in [-0.2, 0) is 4.79 Å². The van der Waals surface area contributed by atoms with E-state index in [1.54, 1.807) is 4.90 Å². The molecule has 4 rings (SSSR count). The average Bonchev–Trinajstić information content (AvgIpc) is 3.28. The number of hydrogen-bond donors (Lipinski definition) is 1. The SMILES string of the molecule is CC1C(=O)N(C)c2ccc(C(=O)NC3CCCC3)cc2N1C1CC1. The van der Waals surface area contributed by atoms with Crippen molar-refractivity contribution in [2.45, 2.75) is 63.6 Å². The standard InChI is InChI=1S/C19H25N3O2/c1-12-19(24)21(2)16-10-7-13(11-17(16)22(12)15-8-9-15)18(23)20-14-5-3-4-6-14/h7,10-12,14-15H,3-6,8-9H2,1-2H3,(H,20,23). The Morgan fingerprint density at radius 1 is 1.12 bits per heavy atom. The Morgan fingerprint density at radius 3 is 2.50 bits per heavy atom. The van der Waals surface area contributed by atoms with E-state index in [0.717, 1.165) is 37.1 Å². The van der Waals surface area contributed by atoms with Crippen LogP contribution >= 0.6 is 0 Å². The molecule has 1 aromatic rings. The predicted molar refractivity (Wildman–Crippen MR) is 94.5 cm³/mol. The summed E-state index contributed by atoms with van der Waals surface area (Å²) in [5, 5.41) is 3.15. The summed E-state index contributed by atoms with van der Waals surface area (Å²) in [5.41, 5.74) is 2.62. The predicted octanol–water partition coefficient (Wildman–Crippen LogP) is 2.69. The second kappa shape index (κ2) is 5.80. The van der Waals surface area contributed by atoms with E-state index in [4.69, 9.17) is 0 Å². The minimum absolute atomic E-state index is 0.00709. The van der Waals surface area contributed by atoms with Gasteiger partial charge in [-0.25, -0.2) is 0 Å². The van der Waals surface area contributed by atoms with E-state index < -0.39 is 0 Å². The van der Waals surface area contributed by atoms with E-state index in [1.165, 1.54) is 12.8 Å². The van der Waals surface area contributed by atoms with E-state index in [0.29, 0.717) is 17.6 Å². The van der Waals surface area contributed by atoms with Crippen molar-refractivity contribution < 1.29 is 9.59 Å². The van der Waals surface area contributed by atoms with Crippen LogP contribution in [0.3, 0.4) is 0 Å². The molecule has 1 unspecified atom stereocenters. The molecule has 2 amide bonds. The van der Waals surface area contributed by atoms with Gasteiger partial charge in [0.25, 0.3) is 5.91 Å². The third kappa shape index (κ3) is 2.56. The van der Waals surface area contributed by atoms with E-state index in [1.807, 2.05) is 32.2 Å². The molecule has 2 saturated carbocycles. The molecule has 0 aromatic heterocycles. The smallest absolute Gasteiger partial charge is 0.251 e. The lowest BCUT2D eigenvalue weighted by Gasteiger charge is -2.40. The quantitative estimate of drug-likeness (QED) is 0.929. The Bertz CT molecular complexity index is 677. The van der Waals surface area contributed by atoms with E-state index in [2.05, 4.69) is 10.2 Å². The summed E-state index contributed by atoms with van der Waals surface area (Å²) in [6.45, 7) is 1.96. The molecule has 1 aromatic carbocycles. The first kappa shape index (κ1) is 15.5.